The van der Waals surface area contributed by atoms with Crippen molar-refractivity contribution in [3.63, 3.8) is 0 Å². The van der Waals surface area contributed by atoms with Crippen molar-refractivity contribution >= 4 is 29.2 Å². The number of alkyl halides is 3. The van der Waals surface area contributed by atoms with Gasteiger partial charge in [-0.3, -0.25) is 0 Å². The third-order valence-electron chi connectivity index (χ3n) is 0.199. The molecule has 0 aliphatic rings. The van der Waals surface area contributed by atoms with Gasteiger partial charge in [-0.1, -0.05) is 0 Å². The Balaban J connectivity index is 0. The summed E-state index contributed by atoms with van der Waals surface area (Å²) in [6.45, 7) is 0. The Labute approximate surface area is 72.5 Å². The summed E-state index contributed by atoms with van der Waals surface area (Å²) >= 11 is 7.63. The number of hydrogen-bond donors (Lipinski definition) is 0. The van der Waals surface area contributed by atoms with Gasteiger partial charge >= 0.3 is 25.2 Å². The van der Waals surface area contributed by atoms with Crippen LogP contribution in [0, 0.1) is 0 Å². The fraction of sp³-hybridized carbons (Fsp3) is 0.500. The van der Waals surface area contributed by atoms with Crippen molar-refractivity contribution in [3.05, 3.63) is 0 Å². The summed E-state index contributed by atoms with van der Waals surface area (Å²) in [5.41, 5.74) is 0. The molecule has 0 unspecified atom stereocenters. The minimum absolute atomic E-state index is 0. The summed E-state index contributed by atoms with van der Waals surface area (Å²) in [5.74, 6) is 0. The molecule has 0 atom stereocenters. The summed E-state index contributed by atoms with van der Waals surface area (Å²) in [7, 11) is 0. The predicted molar refractivity (Wildman–Crippen MR) is 27.1 cm³/mol. The summed E-state index contributed by atoms with van der Waals surface area (Å²) in [6, 6.07) is 0. The standard InChI is InChI=1S/C2HF3OS2.Li/c3-2(4,5)6-1(7)8;/h(H,7,8);/q;+1/p-1. The average molecular weight is 168 g/mol. The molecule has 0 aliphatic carbocycles. The van der Waals surface area contributed by atoms with Gasteiger partial charge in [0.05, 0.1) is 0 Å². The first-order valence-electron chi connectivity index (χ1n) is 1.38. The molecule has 0 spiro atoms. The van der Waals surface area contributed by atoms with Gasteiger partial charge in [0.15, 0.2) is 0 Å². The van der Waals surface area contributed by atoms with Crippen LogP contribution in [0.15, 0.2) is 0 Å². The van der Waals surface area contributed by atoms with E-state index in [9.17, 15) is 13.2 Å². The summed E-state index contributed by atoms with van der Waals surface area (Å²) in [4.78, 5) is 0. The topological polar surface area (TPSA) is 9.23 Å². The molecule has 0 saturated heterocycles. The third-order valence-corrected chi connectivity index (χ3v) is 0.366. The van der Waals surface area contributed by atoms with Crippen molar-refractivity contribution in [1.82, 2.24) is 0 Å². The van der Waals surface area contributed by atoms with Gasteiger partial charge in [0, 0.05) is 4.38 Å². The molecule has 0 aliphatic heterocycles. The van der Waals surface area contributed by atoms with E-state index in [0.717, 1.165) is 0 Å². The largest absolute Gasteiger partial charge is 1.00 e. The molecule has 1 nitrogen and oxygen atoms in total. The molecule has 0 amide bonds. The van der Waals surface area contributed by atoms with Gasteiger partial charge in [-0.25, -0.2) is 0 Å². The van der Waals surface area contributed by atoms with Crippen LogP contribution < -0.4 is 18.9 Å². The quantitative estimate of drug-likeness (QED) is 0.244. The summed E-state index contributed by atoms with van der Waals surface area (Å²) < 4.78 is 34.8. The van der Waals surface area contributed by atoms with E-state index in [4.69, 9.17) is 0 Å². The van der Waals surface area contributed by atoms with Gasteiger partial charge in [-0.15, -0.1) is 13.2 Å². The number of rotatable bonds is 0. The number of thiocarbonyl (C=S) groups is 1. The molecular formula is C2F3LiOS2. The normalized spacial score (nSPS) is 9.67. The van der Waals surface area contributed by atoms with Gasteiger partial charge in [-0.05, 0) is 0 Å². The first-order valence-corrected chi connectivity index (χ1v) is 2.20. The molecule has 0 rings (SSSR count). The van der Waals surface area contributed by atoms with Gasteiger partial charge in [0.2, 0.25) is 0 Å². The van der Waals surface area contributed by atoms with Crippen LogP contribution in [0.2, 0.25) is 0 Å². The van der Waals surface area contributed by atoms with Gasteiger partial charge in [0.1, 0.15) is 0 Å². The second kappa shape index (κ2) is 4.33. The van der Waals surface area contributed by atoms with E-state index in [1.54, 1.807) is 0 Å². The van der Waals surface area contributed by atoms with Crippen molar-refractivity contribution in [2.24, 2.45) is 0 Å². The zero-order chi connectivity index (χ0) is 6.78. The van der Waals surface area contributed by atoms with Crippen molar-refractivity contribution in [1.29, 1.82) is 0 Å². The fourth-order valence-corrected chi connectivity index (χ4v) is 0.283. The number of ether oxygens (including phenoxy) is 1. The zero-order valence-corrected chi connectivity index (χ0v) is 5.99. The van der Waals surface area contributed by atoms with Crippen LogP contribution in [0.5, 0.6) is 0 Å². The van der Waals surface area contributed by atoms with Crippen LogP contribution in [0.3, 0.4) is 0 Å². The monoisotopic (exact) mass is 168 g/mol. The van der Waals surface area contributed by atoms with E-state index in [1.807, 2.05) is 0 Å². The molecule has 0 aromatic carbocycles. The van der Waals surface area contributed by atoms with E-state index < -0.39 is 10.7 Å². The molecule has 0 radical (unpaired) electrons. The molecule has 0 aromatic rings. The fourth-order valence-electron chi connectivity index (χ4n) is 0.0945. The van der Waals surface area contributed by atoms with Crippen molar-refractivity contribution < 1.29 is 36.8 Å². The molecule has 0 saturated carbocycles. The summed E-state index contributed by atoms with van der Waals surface area (Å²) in [5, 5.41) is 0. The SMILES string of the molecule is FC(F)(F)OC(=S)[S-].[Li+]. The van der Waals surface area contributed by atoms with E-state index >= 15 is 0 Å². The Morgan fingerprint density at radius 1 is 1.44 bits per heavy atom. The van der Waals surface area contributed by atoms with Crippen molar-refractivity contribution in [2.75, 3.05) is 0 Å². The van der Waals surface area contributed by atoms with Gasteiger partial charge in [-0.2, -0.15) is 0 Å². The maximum Gasteiger partial charge on any atom is 1.00 e. The van der Waals surface area contributed by atoms with E-state index in [0.29, 0.717) is 0 Å². The Bertz CT molecular complexity index is 102. The molecular weight excluding hydrogens is 168 g/mol. The second-order valence-electron chi connectivity index (χ2n) is 0.798. The molecule has 9 heavy (non-hydrogen) atoms. The molecule has 48 valence electrons. The van der Waals surface area contributed by atoms with Gasteiger partial charge < -0.3 is 29.6 Å². The maximum absolute atomic E-state index is 10.9. The van der Waals surface area contributed by atoms with Crippen LogP contribution in [0.1, 0.15) is 0 Å². The Hall–Kier alpha value is 0.497. The first kappa shape index (κ1) is 12.2. The molecule has 0 fully saturated rings. The molecule has 0 heterocycles. The number of hydrogen-bond acceptors (Lipinski definition) is 3. The molecule has 0 bridgehead atoms. The Morgan fingerprint density at radius 2 is 1.78 bits per heavy atom. The van der Waals surface area contributed by atoms with Crippen LogP contribution >= 0.6 is 12.2 Å². The van der Waals surface area contributed by atoms with Gasteiger partial charge in [0.25, 0.3) is 0 Å². The smallest absolute Gasteiger partial charge is 0.427 e. The molecule has 7 heteroatoms. The van der Waals surface area contributed by atoms with E-state index in [1.165, 1.54) is 0 Å². The average Bonchev–Trinajstić information content (AvgIpc) is 1.21. The minimum atomic E-state index is -4.72. The molecule has 0 aromatic heterocycles. The van der Waals surface area contributed by atoms with Crippen molar-refractivity contribution in [3.8, 4) is 0 Å². The number of halogens is 3. The second-order valence-corrected chi connectivity index (χ2v) is 1.80. The maximum atomic E-state index is 10.9. The van der Waals surface area contributed by atoms with E-state index in [-0.39, 0.29) is 18.9 Å². The Kier molecular flexibility index (Phi) is 5.88. The van der Waals surface area contributed by atoms with Crippen molar-refractivity contribution in [2.45, 2.75) is 6.36 Å². The van der Waals surface area contributed by atoms with Crippen LogP contribution in [0.4, 0.5) is 13.2 Å². The Morgan fingerprint density at radius 3 is 1.78 bits per heavy atom. The van der Waals surface area contributed by atoms with Crippen LogP contribution in [-0.2, 0) is 17.4 Å². The van der Waals surface area contributed by atoms with E-state index in [2.05, 4.69) is 29.6 Å². The summed E-state index contributed by atoms with van der Waals surface area (Å²) in [6.07, 6.45) is -4.72. The molecule has 0 N–H and O–H groups in total. The predicted octanol–water partition coefficient (Wildman–Crippen LogP) is -1.64. The minimum Gasteiger partial charge on any atom is -0.427 e. The van der Waals surface area contributed by atoms with Crippen LogP contribution in [-0.4, -0.2) is 10.7 Å². The third kappa shape index (κ3) is 11.9. The first-order chi connectivity index (χ1) is 3.42. The van der Waals surface area contributed by atoms with Crippen LogP contribution in [0.25, 0.3) is 0 Å². The zero-order valence-electron chi connectivity index (χ0n) is 4.36.